The second-order valence-corrected chi connectivity index (χ2v) is 6.03. The van der Waals surface area contributed by atoms with Gasteiger partial charge in [-0.2, -0.15) is 0 Å². The number of nitrogens with zero attached hydrogens (tertiary/aromatic N) is 3. The molecule has 5 nitrogen and oxygen atoms in total. The summed E-state index contributed by atoms with van der Waals surface area (Å²) in [7, 11) is 0. The number of aliphatic hydroxyl groups excluding tert-OH is 1. The first kappa shape index (κ1) is 16.6. The lowest BCUT2D eigenvalue weighted by atomic mass is 10.1. The van der Waals surface area contributed by atoms with Gasteiger partial charge < -0.3 is 14.9 Å². The zero-order valence-electron chi connectivity index (χ0n) is 13.6. The topological polar surface area (TPSA) is 56.7 Å². The number of anilines is 1. The van der Waals surface area contributed by atoms with Crippen molar-refractivity contribution in [1.29, 1.82) is 0 Å². The number of fused-ring (bicyclic) bond motifs is 1. The van der Waals surface area contributed by atoms with Crippen molar-refractivity contribution >= 4 is 22.5 Å². The molecule has 1 aromatic heterocycles. The van der Waals surface area contributed by atoms with Crippen molar-refractivity contribution in [2.24, 2.45) is 0 Å². The van der Waals surface area contributed by atoms with Gasteiger partial charge in [0, 0.05) is 42.9 Å². The molecule has 0 saturated carbocycles. The Morgan fingerprint density at radius 3 is 2.54 bits per heavy atom. The van der Waals surface area contributed by atoms with E-state index in [-0.39, 0.29) is 11.4 Å². The average Bonchev–Trinajstić information content (AvgIpc) is 2.57. The molecule has 0 unspecified atom stereocenters. The molecule has 1 saturated heterocycles. The Bertz CT molecular complexity index is 787. The lowest BCUT2D eigenvalue weighted by molar-refractivity contribution is -0.139. The van der Waals surface area contributed by atoms with E-state index in [0.717, 1.165) is 11.8 Å². The van der Waals surface area contributed by atoms with E-state index in [4.69, 9.17) is 0 Å². The SMILES string of the molecule is Cc1cc(N2CCN(C(=O)[C@H](C)O)CC2)c2ccc(F)c(F)c2n1. The van der Waals surface area contributed by atoms with Gasteiger partial charge >= 0.3 is 0 Å². The molecule has 3 rings (SSSR count). The number of aliphatic hydroxyl groups is 1. The van der Waals surface area contributed by atoms with Crippen LogP contribution in [0.2, 0.25) is 0 Å². The first-order valence-electron chi connectivity index (χ1n) is 7.85. The van der Waals surface area contributed by atoms with E-state index in [1.807, 2.05) is 11.0 Å². The number of amides is 1. The highest BCUT2D eigenvalue weighted by Crippen LogP contribution is 2.30. The fraction of sp³-hybridized carbons (Fsp3) is 0.412. The van der Waals surface area contributed by atoms with Gasteiger partial charge in [0.25, 0.3) is 5.91 Å². The minimum absolute atomic E-state index is 0.0208. The highest BCUT2D eigenvalue weighted by molar-refractivity contribution is 5.92. The molecular weight excluding hydrogens is 316 g/mol. The van der Waals surface area contributed by atoms with E-state index >= 15 is 0 Å². The number of pyridine rings is 1. The summed E-state index contributed by atoms with van der Waals surface area (Å²) in [5, 5.41) is 9.95. The fourth-order valence-electron chi connectivity index (χ4n) is 3.03. The van der Waals surface area contributed by atoms with Crippen molar-refractivity contribution in [3.63, 3.8) is 0 Å². The minimum atomic E-state index is -1.02. The lowest BCUT2D eigenvalue weighted by Crippen LogP contribution is -2.51. The first-order valence-corrected chi connectivity index (χ1v) is 7.85. The van der Waals surface area contributed by atoms with Crippen LogP contribution in [0.4, 0.5) is 14.5 Å². The van der Waals surface area contributed by atoms with Gasteiger partial charge in [0.2, 0.25) is 0 Å². The normalized spacial score (nSPS) is 16.5. The minimum Gasteiger partial charge on any atom is -0.384 e. The number of hydrogen-bond donors (Lipinski definition) is 1. The standard InChI is InChI=1S/C17H19F2N3O2/c1-10-9-14(12-3-4-13(18)15(19)16(12)20-10)21-5-7-22(8-6-21)17(24)11(2)23/h3-4,9,11,23H,5-8H2,1-2H3/t11-/m0/s1. The molecular formula is C17H19F2N3O2. The molecule has 2 heterocycles. The van der Waals surface area contributed by atoms with Crippen LogP contribution >= 0.6 is 0 Å². The van der Waals surface area contributed by atoms with E-state index in [0.29, 0.717) is 37.3 Å². The van der Waals surface area contributed by atoms with Crippen LogP contribution in [-0.2, 0) is 4.79 Å². The van der Waals surface area contributed by atoms with Gasteiger partial charge in [-0.25, -0.2) is 13.8 Å². The summed E-state index contributed by atoms with van der Waals surface area (Å²) in [6, 6.07) is 4.47. The predicted molar refractivity (Wildman–Crippen MR) is 86.9 cm³/mol. The third kappa shape index (κ3) is 2.91. The monoisotopic (exact) mass is 335 g/mol. The molecule has 1 fully saturated rings. The van der Waals surface area contributed by atoms with E-state index in [1.54, 1.807) is 11.8 Å². The van der Waals surface area contributed by atoms with Gasteiger partial charge in [0.15, 0.2) is 11.6 Å². The molecule has 0 radical (unpaired) electrons. The van der Waals surface area contributed by atoms with Crippen LogP contribution < -0.4 is 4.90 Å². The summed E-state index contributed by atoms with van der Waals surface area (Å²) in [4.78, 5) is 19.6. The largest absolute Gasteiger partial charge is 0.384 e. The van der Waals surface area contributed by atoms with Crippen LogP contribution in [0, 0.1) is 18.6 Å². The van der Waals surface area contributed by atoms with Crippen molar-refractivity contribution in [3.8, 4) is 0 Å². The van der Waals surface area contributed by atoms with Gasteiger partial charge in [-0.1, -0.05) is 0 Å². The van der Waals surface area contributed by atoms with Crippen LogP contribution in [0.5, 0.6) is 0 Å². The van der Waals surface area contributed by atoms with Gasteiger partial charge in [0.05, 0.1) is 0 Å². The highest BCUT2D eigenvalue weighted by Gasteiger charge is 2.25. The molecule has 24 heavy (non-hydrogen) atoms. The first-order chi connectivity index (χ1) is 11.4. The Morgan fingerprint density at radius 2 is 1.92 bits per heavy atom. The Hall–Kier alpha value is -2.28. The van der Waals surface area contributed by atoms with E-state index in [1.165, 1.54) is 13.0 Å². The molecule has 1 atom stereocenters. The quantitative estimate of drug-likeness (QED) is 0.910. The third-order valence-electron chi connectivity index (χ3n) is 4.27. The Labute approximate surface area is 138 Å². The van der Waals surface area contributed by atoms with Gasteiger partial charge in [-0.3, -0.25) is 4.79 Å². The summed E-state index contributed by atoms with van der Waals surface area (Å²) in [6.07, 6.45) is -1.02. The van der Waals surface area contributed by atoms with Gasteiger partial charge in [0.1, 0.15) is 11.6 Å². The fourth-order valence-corrected chi connectivity index (χ4v) is 3.03. The summed E-state index contributed by atoms with van der Waals surface area (Å²) >= 11 is 0. The number of aryl methyl sites for hydroxylation is 1. The van der Waals surface area contributed by atoms with Gasteiger partial charge in [-0.15, -0.1) is 0 Å². The molecule has 0 spiro atoms. The van der Waals surface area contributed by atoms with Crippen LogP contribution in [0.3, 0.4) is 0 Å². The van der Waals surface area contributed by atoms with Crippen molar-refractivity contribution in [2.45, 2.75) is 20.0 Å². The molecule has 0 bridgehead atoms. The van der Waals surface area contributed by atoms with E-state index in [2.05, 4.69) is 4.98 Å². The summed E-state index contributed by atoms with van der Waals surface area (Å²) in [5.74, 6) is -2.15. The molecule has 7 heteroatoms. The Kier molecular flexibility index (Phi) is 4.36. The van der Waals surface area contributed by atoms with Crippen LogP contribution in [0.25, 0.3) is 10.9 Å². The average molecular weight is 335 g/mol. The molecule has 128 valence electrons. The number of hydrogen-bond acceptors (Lipinski definition) is 4. The second kappa shape index (κ2) is 6.32. The smallest absolute Gasteiger partial charge is 0.251 e. The zero-order valence-corrected chi connectivity index (χ0v) is 13.6. The maximum atomic E-state index is 14.0. The van der Waals surface area contributed by atoms with Crippen LogP contribution in [0.1, 0.15) is 12.6 Å². The molecule has 2 aromatic rings. The van der Waals surface area contributed by atoms with E-state index < -0.39 is 17.7 Å². The van der Waals surface area contributed by atoms with E-state index in [9.17, 15) is 18.7 Å². The van der Waals surface area contributed by atoms with Crippen molar-refractivity contribution in [2.75, 3.05) is 31.1 Å². The molecule has 1 N–H and O–H groups in total. The second-order valence-electron chi connectivity index (χ2n) is 6.03. The molecule has 1 aliphatic heterocycles. The number of rotatable bonds is 2. The lowest BCUT2D eigenvalue weighted by Gasteiger charge is -2.37. The zero-order chi connectivity index (χ0) is 17.4. The number of carbonyl (C=O) groups excluding carboxylic acids is 1. The summed E-state index contributed by atoms with van der Waals surface area (Å²) in [6.45, 7) is 5.23. The summed E-state index contributed by atoms with van der Waals surface area (Å²) in [5.41, 5.74) is 1.40. The number of benzene rings is 1. The number of carbonyl (C=O) groups is 1. The maximum Gasteiger partial charge on any atom is 0.251 e. The number of aromatic nitrogens is 1. The Balaban J connectivity index is 1.91. The predicted octanol–water partition coefficient (Wildman–Crippen LogP) is 1.85. The van der Waals surface area contributed by atoms with Crippen molar-refractivity contribution in [1.82, 2.24) is 9.88 Å². The molecule has 1 amide bonds. The number of halogens is 2. The van der Waals surface area contributed by atoms with Crippen LogP contribution in [-0.4, -0.2) is 53.2 Å². The van der Waals surface area contributed by atoms with Crippen molar-refractivity contribution < 1.29 is 18.7 Å². The molecule has 1 aliphatic rings. The third-order valence-corrected chi connectivity index (χ3v) is 4.27. The highest BCUT2D eigenvalue weighted by atomic mass is 19.2. The molecule has 1 aromatic carbocycles. The molecule has 0 aliphatic carbocycles. The van der Waals surface area contributed by atoms with Gasteiger partial charge in [-0.05, 0) is 32.0 Å². The summed E-state index contributed by atoms with van der Waals surface area (Å²) < 4.78 is 27.5. The maximum absolute atomic E-state index is 14.0. The van der Waals surface area contributed by atoms with Crippen LogP contribution in [0.15, 0.2) is 18.2 Å². The number of piperazine rings is 1. The Morgan fingerprint density at radius 1 is 1.25 bits per heavy atom. The van der Waals surface area contributed by atoms with Crippen molar-refractivity contribution in [3.05, 3.63) is 35.5 Å².